The average Bonchev–Trinajstić information content (AvgIpc) is 2.85. The quantitative estimate of drug-likeness (QED) is 0.614. The number of rotatable bonds is 0. The van der Waals surface area contributed by atoms with Crippen LogP contribution in [0.2, 0.25) is 0 Å². The first-order valence-electron chi connectivity index (χ1n) is 7.09. The second-order valence-corrected chi connectivity index (χ2v) is 7.76. The standard InChI is InChI=1S/C16H20O2/c1-9-10-6-14(2)4-5-15(3)8-12(18)16(10,13(14)15)7-11(9)17/h10,13H,1,4-8H2,2-3H3/t10-,13-,14-,15+,16+/m1/s1. The third-order valence-electron chi connectivity index (χ3n) is 6.78. The Labute approximate surface area is 108 Å². The summed E-state index contributed by atoms with van der Waals surface area (Å²) in [6, 6.07) is 0. The van der Waals surface area contributed by atoms with Crippen LogP contribution in [0.5, 0.6) is 0 Å². The highest BCUT2D eigenvalue weighted by Gasteiger charge is 2.77. The van der Waals surface area contributed by atoms with Crippen LogP contribution in [0.15, 0.2) is 12.2 Å². The second kappa shape index (κ2) is 2.66. The summed E-state index contributed by atoms with van der Waals surface area (Å²) in [5.74, 6) is 1.12. The van der Waals surface area contributed by atoms with E-state index in [0.717, 1.165) is 18.4 Å². The average molecular weight is 244 g/mol. The molecule has 4 aliphatic carbocycles. The zero-order chi connectivity index (χ0) is 12.9. The minimum Gasteiger partial charge on any atom is -0.299 e. The van der Waals surface area contributed by atoms with Crippen molar-refractivity contribution in [3.05, 3.63) is 12.2 Å². The Morgan fingerprint density at radius 2 is 1.78 bits per heavy atom. The van der Waals surface area contributed by atoms with E-state index in [4.69, 9.17) is 0 Å². The lowest BCUT2D eigenvalue weighted by atomic mass is 9.67. The predicted molar refractivity (Wildman–Crippen MR) is 67.9 cm³/mol. The highest BCUT2D eigenvalue weighted by molar-refractivity contribution is 6.06. The van der Waals surface area contributed by atoms with Crippen LogP contribution in [0.25, 0.3) is 0 Å². The van der Waals surface area contributed by atoms with Gasteiger partial charge in [0.2, 0.25) is 0 Å². The zero-order valence-corrected chi connectivity index (χ0v) is 11.2. The van der Waals surface area contributed by atoms with E-state index in [-0.39, 0.29) is 27.9 Å². The SMILES string of the molecule is C=C1C(=O)C[C@@]23C(=O)C[C@]4(C)CC[C@](C)(C[C@H]12)[C@H]43. The van der Waals surface area contributed by atoms with E-state index in [1.807, 2.05) is 0 Å². The Hall–Kier alpha value is -0.920. The van der Waals surface area contributed by atoms with Crippen molar-refractivity contribution in [3.8, 4) is 0 Å². The van der Waals surface area contributed by atoms with Crippen molar-refractivity contribution < 1.29 is 9.59 Å². The minimum absolute atomic E-state index is 0.158. The predicted octanol–water partition coefficient (Wildman–Crippen LogP) is 2.92. The van der Waals surface area contributed by atoms with E-state index < -0.39 is 0 Å². The minimum atomic E-state index is -0.339. The fourth-order valence-electron chi connectivity index (χ4n) is 6.42. The van der Waals surface area contributed by atoms with Gasteiger partial charge in [0.1, 0.15) is 5.78 Å². The molecule has 0 heterocycles. The van der Waals surface area contributed by atoms with Crippen LogP contribution in [0.1, 0.15) is 46.0 Å². The normalized spacial score (nSPS) is 57.3. The number of allylic oxidation sites excluding steroid dienone is 1. The molecular weight excluding hydrogens is 224 g/mol. The molecule has 1 spiro atoms. The van der Waals surface area contributed by atoms with Gasteiger partial charge in [-0.3, -0.25) is 9.59 Å². The Kier molecular flexibility index (Phi) is 1.62. The van der Waals surface area contributed by atoms with Gasteiger partial charge in [0.05, 0.1) is 0 Å². The third kappa shape index (κ3) is 0.856. The topological polar surface area (TPSA) is 34.1 Å². The molecular formula is C16H20O2. The van der Waals surface area contributed by atoms with E-state index >= 15 is 0 Å². The van der Waals surface area contributed by atoms with Gasteiger partial charge < -0.3 is 0 Å². The van der Waals surface area contributed by atoms with Crippen LogP contribution < -0.4 is 0 Å². The maximum absolute atomic E-state index is 12.7. The molecule has 4 aliphatic rings. The Morgan fingerprint density at radius 3 is 2.50 bits per heavy atom. The largest absolute Gasteiger partial charge is 0.299 e. The molecule has 0 amide bonds. The molecule has 0 aliphatic heterocycles. The second-order valence-electron chi connectivity index (χ2n) is 7.76. The molecule has 2 nitrogen and oxygen atoms in total. The molecule has 4 rings (SSSR count). The lowest BCUT2D eigenvalue weighted by molar-refractivity contribution is -0.130. The van der Waals surface area contributed by atoms with Crippen molar-refractivity contribution in [2.24, 2.45) is 28.1 Å². The van der Waals surface area contributed by atoms with Crippen molar-refractivity contribution in [1.29, 1.82) is 0 Å². The van der Waals surface area contributed by atoms with Gasteiger partial charge in [-0.2, -0.15) is 0 Å². The first-order valence-corrected chi connectivity index (χ1v) is 7.09. The van der Waals surface area contributed by atoms with Gasteiger partial charge in [-0.05, 0) is 41.6 Å². The van der Waals surface area contributed by atoms with Crippen molar-refractivity contribution in [3.63, 3.8) is 0 Å². The van der Waals surface area contributed by atoms with E-state index in [0.29, 0.717) is 24.5 Å². The van der Waals surface area contributed by atoms with Crippen molar-refractivity contribution in [2.75, 3.05) is 0 Å². The monoisotopic (exact) mass is 244 g/mol. The van der Waals surface area contributed by atoms with Crippen LogP contribution >= 0.6 is 0 Å². The van der Waals surface area contributed by atoms with Gasteiger partial charge in [0.25, 0.3) is 0 Å². The van der Waals surface area contributed by atoms with Gasteiger partial charge in [-0.15, -0.1) is 0 Å². The van der Waals surface area contributed by atoms with Crippen LogP contribution in [-0.2, 0) is 9.59 Å². The first kappa shape index (κ1) is 11.0. The van der Waals surface area contributed by atoms with Crippen LogP contribution in [-0.4, -0.2) is 11.6 Å². The summed E-state index contributed by atoms with van der Waals surface area (Å²) in [5.41, 5.74) is 0.845. The summed E-state index contributed by atoms with van der Waals surface area (Å²) in [4.78, 5) is 24.8. The molecule has 5 atom stereocenters. The van der Waals surface area contributed by atoms with Crippen LogP contribution in [0.4, 0.5) is 0 Å². The van der Waals surface area contributed by atoms with Gasteiger partial charge in [0, 0.05) is 24.2 Å². The Morgan fingerprint density at radius 1 is 1.11 bits per heavy atom. The molecule has 0 radical (unpaired) electrons. The highest BCUT2D eigenvalue weighted by Crippen LogP contribution is 2.79. The van der Waals surface area contributed by atoms with Crippen molar-refractivity contribution in [2.45, 2.75) is 46.0 Å². The summed E-state index contributed by atoms with van der Waals surface area (Å²) >= 11 is 0. The third-order valence-corrected chi connectivity index (χ3v) is 6.78. The zero-order valence-electron chi connectivity index (χ0n) is 11.2. The maximum Gasteiger partial charge on any atom is 0.159 e. The smallest absolute Gasteiger partial charge is 0.159 e. The summed E-state index contributed by atoms with van der Waals surface area (Å²) in [7, 11) is 0. The van der Waals surface area contributed by atoms with E-state index in [1.54, 1.807) is 0 Å². The fourth-order valence-corrected chi connectivity index (χ4v) is 6.42. The summed E-state index contributed by atoms with van der Waals surface area (Å²) in [6.45, 7) is 8.63. The van der Waals surface area contributed by atoms with E-state index in [2.05, 4.69) is 20.4 Å². The molecule has 0 aromatic carbocycles. The number of Topliss-reactive ketones (excluding diaryl/α,β-unsaturated/α-hetero) is 2. The Balaban J connectivity index is 1.97. The number of hydrogen-bond acceptors (Lipinski definition) is 2. The van der Waals surface area contributed by atoms with Gasteiger partial charge in [-0.25, -0.2) is 0 Å². The number of ketones is 2. The maximum atomic E-state index is 12.7. The van der Waals surface area contributed by atoms with E-state index in [9.17, 15) is 9.59 Å². The number of carbonyl (C=O) groups excluding carboxylic acids is 2. The molecule has 0 aromatic heterocycles. The summed E-state index contributed by atoms with van der Waals surface area (Å²) < 4.78 is 0. The first-order chi connectivity index (χ1) is 8.33. The molecule has 18 heavy (non-hydrogen) atoms. The molecule has 2 heteroatoms. The molecule has 0 aromatic rings. The van der Waals surface area contributed by atoms with Gasteiger partial charge >= 0.3 is 0 Å². The molecule has 0 bridgehead atoms. The van der Waals surface area contributed by atoms with Crippen LogP contribution in [0.3, 0.4) is 0 Å². The number of hydrogen-bond donors (Lipinski definition) is 0. The fraction of sp³-hybridized carbons (Fsp3) is 0.750. The van der Waals surface area contributed by atoms with Crippen LogP contribution in [0, 0.1) is 28.1 Å². The highest BCUT2D eigenvalue weighted by atomic mass is 16.1. The van der Waals surface area contributed by atoms with Gasteiger partial charge in [0.15, 0.2) is 5.78 Å². The summed E-state index contributed by atoms with van der Waals surface area (Å²) in [6.07, 6.45) is 4.56. The van der Waals surface area contributed by atoms with Gasteiger partial charge in [-0.1, -0.05) is 20.4 Å². The molecule has 96 valence electrons. The molecule has 0 unspecified atom stereocenters. The van der Waals surface area contributed by atoms with Crippen molar-refractivity contribution >= 4 is 11.6 Å². The molecule has 0 saturated heterocycles. The lowest BCUT2D eigenvalue weighted by Gasteiger charge is -2.35. The van der Waals surface area contributed by atoms with Crippen molar-refractivity contribution in [1.82, 2.24) is 0 Å². The summed E-state index contributed by atoms with van der Waals surface area (Å²) in [5, 5.41) is 0. The van der Waals surface area contributed by atoms with E-state index in [1.165, 1.54) is 6.42 Å². The molecule has 4 fully saturated rings. The number of carbonyl (C=O) groups is 2. The molecule has 4 saturated carbocycles. The lowest BCUT2D eigenvalue weighted by Crippen LogP contribution is -2.36. The molecule has 0 N–H and O–H groups in total. The Bertz CT molecular complexity index is 519.